The predicted octanol–water partition coefficient (Wildman–Crippen LogP) is 4.34. The van der Waals surface area contributed by atoms with Gasteiger partial charge in [-0.25, -0.2) is 0 Å². The molecule has 4 nitrogen and oxygen atoms in total. The molecular formula is C23H24N2O2. The van der Waals surface area contributed by atoms with Gasteiger partial charge in [0.25, 0.3) is 0 Å². The summed E-state index contributed by atoms with van der Waals surface area (Å²) >= 11 is 0. The third kappa shape index (κ3) is 3.86. The Labute approximate surface area is 159 Å². The number of ether oxygens (including phenoxy) is 1. The molecule has 138 valence electrons. The van der Waals surface area contributed by atoms with Crippen LogP contribution in [0.4, 0.5) is 0 Å². The predicted molar refractivity (Wildman–Crippen MR) is 107 cm³/mol. The summed E-state index contributed by atoms with van der Waals surface area (Å²) in [4.78, 5) is 19.6. The topological polar surface area (TPSA) is 42.4 Å². The van der Waals surface area contributed by atoms with Crippen LogP contribution in [-0.2, 0) is 6.54 Å². The molecule has 0 saturated carbocycles. The molecule has 4 heteroatoms. The Morgan fingerprint density at radius 3 is 3.00 bits per heavy atom. The average molecular weight is 360 g/mol. The van der Waals surface area contributed by atoms with Crippen LogP contribution in [0.2, 0.25) is 0 Å². The summed E-state index contributed by atoms with van der Waals surface area (Å²) in [6, 6.07) is 15.9. The van der Waals surface area contributed by atoms with E-state index in [4.69, 9.17) is 4.74 Å². The lowest BCUT2D eigenvalue weighted by Gasteiger charge is -2.32. The molecule has 0 radical (unpaired) electrons. The van der Waals surface area contributed by atoms with Gasteiger partial charge in [0, 0.05) is 42.4 Å². The van der Waals surface area contributed by atoms with E-state index < -0.39 is 0 Å². The Morgan fingerprint density at radius 2 is 2.11 bits per heavy atom. The summed E-state index contributed by atoms with van der Waals surface area (Å²) in [6.07, 6.45) is 5.75. The molecule has 3 aromatic rings. The number of aromatic nitrogens is 1. The molecule has 1 unspecified atom stereocenters. The Morgan fingerprint density at radius 1 is 1.22 bits per heavy atom. The summed E-state index contributed by atoms with van der Waals surface area (Å²) < 4.78 is 5.27. The number of carbonyl (C=O) groups excluding carboxylic acids is 1. The molecule has 0 aliphatic carbocycles. The van der Waals surface area contributed by atoms with Gasteiger partial charge in [0.2, 0.25) is 0 Å². The number of rotatable bonds is 5. The molecule has 1 saturated heterocycles. The van der Waals surface area contributed by atoms with Gasteiger partial charge in [-0.1, -0.05) is 30.3 Å². The molecule has 1 atom stereocenters. The summed E-state index contributed by atoms with van der Waals surface area (Å²) in [5.41, 5.74) is 2.04. The zero-order valence-corrected chi connectivity index (χ0v) is 15.6. The third-order valence-electron chi connectivity index (χ3n) is 5.40. The molecule has 1 aliphatic heterocycles. The van der Waals surface area contributed by atoms with Gasteiger partial charge in [0.15, 0.2) is 5.78 Å². The Bertz CT molecular complexity index is 949. The van der Waals surface area contributed by atoms with Crippen LogP contribution in [-0.4, -0.2) is 35.9 Å². The average Bonchev–Trinajstić information content (AvgIpc) is 2.74. The van der Waals surface area contributed by atoms with Crippen LogP contribution in [0.3, 0.4) is 0 Å². The van der Waals surface area contributed by atoms with Crippen molar-refractivity contribution in [2.45, 2.75) is 19.4 Å². The molecule has 0 N–H and O–H groups in total. The highest BCUT2D eigenvalue weighted by atomic mass is 16.5. The summed E-state index contributed by atoms with van der Waals surface area (Å²) in [5, 5.41) is 2.41. The molecule has 0 bridgehead atoms. The first kappa shape index (κ1) is 17.7. The quantitative estimate of drug-likeness (QED) is 0.635. The SMILES string of the molecule is COc1cccc(C(=O)C2CCCN(Cc3cccc4cnccc34)C2)c1. The standard InChI is InChI=1S/C23H24N2O2/c1-27-21-9-3-5-17(13-21)23(26)20-8-4-12-25(16-20)15-19-7-2-6-18-14-24-11-10-22(18)19/h2-3,5-7,9-11,13-14,20H,4,8,12,15-16H2,1H3. The minimum absolute atomic E-state index is 0.0440. The number of hydrogen-bond acceptors (Lipinski definition) is 4. The maximum Gasteiger partial charge on any atom is 0.167 e. The highest BCUT2D eigenvalue weighted by Gasteiger charge is 2.27. The lowest BCUT2D eigenvalue weighted by atomic mass is 9.89. The first-order valence-electron chi connectivity index (χ1n) is 9.47. The number of Topliss-reactive ketones (excluding diaryl/α,β-unsaturated/α-hetero) is 1. The Balaban J connectivity index is 1.50. The van der Waals surface area contributed by atoms with Gasteiger partial charge in [-0.05, 0) is 48.5 Å². The van der Waals surface area contributed by atoms with Crippen molar-refractivity contribution >= 4 is 16.6 Å². The van der Waals surface area contributed by atoms with E-state index in [-0.39, 0.29) is 11.7 Å². The molecule has 2 aromatic carbocycles. The second-order valence-corrected chi connectivity index (χ2v) is 7.18. The van der Waals surface area contributed by atoms with Crippen molar-refractivity contribution in [3.63, 3.8) is 0 Å². The second-order valence-electron chi connectivity index (χ2n) is 7.18. The minimum atomic E-state index is 0.0440. The van der Waals surface area contributed by atoms with Crippen LogP contribution in [0.25, 0.3) is 10.8 Å². The van der Waals surface area contributed by atoms with E-state index in [2.05, 4.69) is 34.1 Å². The molecule has 1 aromatic heterocycles. The number of piperidine rings is 1. The molecule has 2 heterocycles. The van der Waals surface area contributed by atoms with E-state index in [9.17, 15) is 4.79 Å². The first-order chi connectivity index (χ1) is 13.2. The largest absolute Gasteiger partial charge is 0.497 e. The van der Waals surface area contributed by atoms with Crippen LogP contribution >= 0.6 is 0 Å². The van der Waals surface area contributed by atoms with Crippen LogP contribution < -0.4 is 4.74 Å². The van der Waals surface area contributed by atoms with Crippen LogP contribution in [0.15, 0.2) is 60.9 Å². The van der Waals surface area contributed by atoms with E-state index in [1.165, 1.54) is 10.9 Å². The monoisotopic (exact) mass is 360 g/mol. The first-order valence-corrected chi connectivity index (χ1v) is 9.47. The van der Waals surface area contributed by atoms with Crippen molar-refractivity contribution in [3.8, 4) is 5.75 Å². The minimum Gasteiger partial charge on any atom is -0.497 e. The molecule has 1 fully saturated rings. The fraction of sp³-hybridized carbons (Fsp3) is 0.304. The van der Waals surface area contributed by atoms with E-state index in [1.54, 1.807) is 7.11 Å². The number of pyridine rings is 1. The molecule has 0 amide bonds. The zero-order valence-electron chi connectivity index (χ0n) is 15.6. The maximum absolute atomic E-state index is 13.0. The highest BCUT2D eigenvalue weighted by Crippen LogP contribution is 2.26. The van der Waals surface area contributed by atoms with E-state index in [0.29, 0.717) is 0 Å². The van der Waals surface area contributed by atoms with Crippen molar-refractivity contribution in [2.75, 3.05) is 20.2 Å². The number of methoxy groups -OCH3 is 1. The van der Waals surface area contributed by atoms with Crippen molar-refractivity contribution in [3.05, 3.63) is 72.1 Å². The fourth-order valence-electron chi connectivity index (χ4n) is 3.99. The summed E-state index contributed by atoms with van der Waals surface area (Å²) in [6.45, 7) is 2.70. The van der Waals surface area contributed by atoms with E-state index in [1.807, 2.05) is 36.7 Å². The van der Waals surface area contributed by atoms with Crippen LogP contribution in [0.5, 0.6) is 5.75 Å². The Hall–Kier alpha value is -2.72. The number of fused-ring (bicyclic) bond motifs is 1. The lowest BCUT2D eigenvalue weighted by Crippen LogP contribution is -2.38. The highest BCUT2D eigenvalue weighted by molar-refractivity contribution is 5.98. The van der Waals surface area contributed by atoms with Crippen molar-refractivity contribution in [1.82, 2.24) is 9.88 Å². The smallest absolute Gasteiger partial charge is 0.167 e. The van der Waals surface area contributed by atoms with Crippen molar-refractivity contribution in [2.24, 2.45) is 5.92 Å². The number of benzene rings is 2. The molecule has 1 aliphatic rings. The molecule has 4 rings (SSSR count). The van der Waals surface area contributed by atoms with Crippen molar-refractivity contribution < 1.29 is 9.53 Å². The normalized spacial score (nSPS) is 17.7. The van der Waals surface area contributed by atoms with E-state index >= 15 is 0 Å². The van der Waals surface area contributed by atoms with Gasteiger partial charge in [0.1, 0.15) is 5.75 Å². The number of ketones is 1. The summed E-state index contributed by atoms with van der Waals surface area (Å²) in [5.74, 6) is 1.00. The maximum atomic E-state index is 13.0. The number of nitrogens with zero attached hydrogens (tertiary/aromatic N) is 2. The third-order valence-corrected chi connectivity index (χ3v) is 5.40. The van der Waals surface area contributed by atoms with E-state index in [0.717, 1.165) is 49.2 Å². The lowest BCUT2D eigenvalue weighted by molar-refractivity contribution is 0.0811. The van der Waals surface area contributed by atoms with Crippen molar-refractivity contribution in [1.29, 1.82) is 0 Å². The van der Waals surface area contributed by atoms with Gasteiger partial charge >= 0.3 is 0 Å². The molecule has 0 spiro atoms. The van der Waals surface area contributed by atoms with Crippen LogP contribution in [0, 0.1) is 5.92 Å². The van der Waals surface area contributed by atoms with Gasteiger partial charge in [-0.15, -0.1) is 0 Å². The molecular weight excluding hydrogens is 336 g/mol. The van der Waals surface area contributed by atoms with Gasteiger partial charge in [-0.3, -0.25) is 14.7 Å². The Kier molecular flexibility index (Phi) is 5.16. The summed E-state index contributed by atoms with van der Waals surface area (Å²) in [7, 11) is 1.63. The van der Waals surface area contributed by atoms with Gasteiger partial charge in [-0.2, -0.15) is 0 Å². The number of hydrogen-bond donors (Lipinski definition) is 0. The van der Waals surface area contributed by atoms with Gasteiger partial charge < -0.3 is 4.74 Å². The number of carbonyl (C=O) groups is 1. The van der Waals surface area contributed by atoms with Crippen LogP contribution in [0.1, 0.15) is 28.8 Å². The molecule has 27 heavy (non-hydrogen) atoms. The van der Waals surface area contributed by atoms with Gasteiger partial charge in [0.05, 0.1) is 7.11 Å². The second kappa shape index (κ2) is 7.89. The zero-order chi connectivity index (χ0) is 18.6. The fourth-order valence-corrected chi connectivity index (χ4v) is 3.99. The number of likely N-dealkylation sites (tertiary alicyclic amines) is 1.